The van der Waals surface area contributed by atoms with Crippen molar-refractivity contribution in [3.05, 3.63) is 36.1 Å². The highest BCUT2D eigenvalue weighted by Crippen LogP contribution is 2.39. The molecule has 1 aromatic carbocycles. The van der Waals surface area contributed by atoms with Gasteiger partial charge in [-0.25, -0.2) is 0 Å². The molecule has 2 amide bonds. The van der Waals surface area contributed by atoms with Crippen LogP contribution in [0.5, 0.6) is 0 Å². The van der Waals surface area contributed by atoms with E-state index in [4.69, 9.17) is 9.15 Å². The van der Waals surface area contributed by atoms with Gasteiger partial charge in [0.15, 0.2) is 0 Å². The van der Waals surface area contributed by atoms with E-state index in [0.29, 0.717) is 45.2 Å². The molecule has 1 spiro atoms. The van der Waals surface area contributed by atoms with Crippen LogP contribution < -0.4 is 0 Å². The molecule has 0 bridgehead atoms. The molecule has 154 valence electrons. The normalized spacial score (nSPS) is 22.1. The molecular weight excluding hydrogens is 368 g/mol. The number of carbonyl (C=O) groups is 2. The van der Waals surface area contributed by atoms with Gasteiger partial charge in [-0.2, -0.15) is 0 Å². The molecule has 2 aromatic rings. The van der Waals surface area contributed by atoms with Gasteiger partial charge in [0.2, 0.25) is 11.8 Å². The third-order valence-corrected chi connectivity index (χ3v) is 6.88. The van der Waals surface area contributed by atoms with Crippen LogP contribution in [0, 0.1) is 5.92 Å². The lowest BCUT2D eigenvalue weighted by Crippen LogP contribution is -2.55. The average Bonchev–Trinajstić information content (AvgIpc) is 3.54. The SMILES string of the molecule is O=C(Cc1coc2ccccc12)N1CCN(C(=O)C2CC2)C2(CCOCC2)CC1. The fourth-order valence-corrected chi connectivity index (χ4v) is 4.91. The first-order valence-electron chi connectivity index (χ1n) is 10.8. The number of benzene rings is 1. The molecule has 0 unspecified atom stereocenters. The van der Waals surface area contributed by atoms with Crippen molar-refractivity contribution in [2.75, 3.05) is 32.8 Å². The van der Waals surface area contributed by atoms with Gasteiger partial charge in [-0.15, -0.1) is 0 Å². The Bertz CT molecular complexity index is 910. The lowest BCUT2D eigenvalue weighted by Gasteiger charge is -2.45. The molecule has 5 rings (SSSR count). The van der Waals surface area contributed by atoms with Crippen molar-refractivity contribution >= 4 is 22.8 Å². The van der Waals surface area contributed by atoms with E-state index in [1.54, 1.807) is 6.26 Å². The van der Waals surface area contributed by atoms with Crippen LogP contribution in [0.15, 0.2) is 34.9 Å². The van der Waals surface area contributed by atoms with E-state index < -0.39 is 0 Å². The molecule has 2 saturated heterocycles. The summed E-state index contributed by atoms with van der Waals surface area (Å²) in [6.07, 6.45) is 6.65. The van der Waals surface area contributed by atoms with Crippen molar-refractivity contribution in [2.24, 2.45) is 5.92 Å². The van der Waals surface area contributed by atoms with E-state index >= 15 is 0 Å². The molecule has 0 radical (unpaired) electrons. The van der Waals surface area contributed by atoms with Gasteiger partial charge in [0.1, 0.15) is 5.58 Å². The van der Waals surface area contributed by atoms with Crippen LogP contribution in [-0.4, -0.2) is 60.0 Å². The van der Waals surface area contributed by atoms with Crippen LogP contribution in [0.3, 0.4) is 0 Å². The summed E-state index contributed by atoms with van der Waals surface area (Å²) in [4.78, 5) is 30.2. The molecule has 1 aromatic heterocycles. The first-order valence-corrected chi connectivity index (χ1v) is 10.8. The Kier molecular flexibility index (Phi) is 4.82. The number of hydrogen-bond donors (Lipinski definition) is 0. The minimum atomic E-state index is -0.144. The fourth-order valence-electron chi connectivity index (χ4n) is 4.91. The first-order chi connectivity index (χ1) is 14.2. The Balaban J connectivity index is 1.33. The second-order valence-electron chi connectivity index (χ2n) is 8.67. The van der Waals surface area contributed by atoms with Crippen molar-refractivity contribution in [1.82, 2.24) is 9.80 Å². The zero-order chi connectivity index (χ0) is 19.8. The number of ether oxygens (including phenoxy) is 1. The van der Waals surface area contributed by atoms with E-state index in [-0.39, 0.29) is 17.4 Å². The second-order valence-corrected chi connectivity index (χ2v) is 8.67. The van der Waals surface area contributed by atoms with Crippen molar-refractivity contribution < 1.29 is 18.7 Å². The monoisotopic (exact) mass is 396 g/mol. The highest BCUT2D eigenvalue weighted by atomic mass is 16.5. The Morgan fingerprint density at radius 3 is 2.62 bits per heavy atom. The molecule has 1 saturated carbocycles. The number of carbonyl (C=O) groups excluding carboxylic acids is 2. The Labute approximate surface area is 170 Å². The summed E-state index contributed by atoms with van der Waals surface area (Å²) in [6, 6.07) is 7.82. The van der Waals surface area contributed by atoms with E-state index in [1.165, 1.54) is 0 Å². The van der Waals surface area contributed by atoms with Gasteiger partial charge in [-0.1, -0.05) is 18.2 Å². The zero-order valence-electron chi connectivity index (χ0n) is 16.8. The fraction of sp³-hybridized carbons (Fsp3) is 0.565. The summed E-state index contributed by atoms with van der Waals surface area (Å²) in [7, 11) is 0. The first kappa shape index (κ1) is 18.7. The minimum absolute atomic E-state index is 0.111. The molecule has 6 heteroatoms. The van der Waals surface area contributed by atoms with E-state index in [2.05, 4.69) is 4.90 Å². The predicted octanol–water partition coefficient (Wildman–Crippen LogP) is 3.00. The van der Waals surface area contributed by atoms with Crippen LogP contribution in [0.25, 0.3) is 11.0 Å². The van der Waals surface area contributed by atoms with Crippen molar-refractivity contribution in [2.45, 2.75) is 44.1 Å². The topological polar surface area (TPSA) is 63.0 Å². The second kappa shape index (κ2) is 7.48. The summed E-state index contributed by atoms with van der Waals surface area (Å²) in [5, 5.41) is 1.00. The predicted molar refractivity (Wildman–Crippen MR) is 108 cm³/mol. The molecule has 1 aliphatic carbocycles. The summed E-state index contributed by atoms with van der Waals surface area (Å²) in [5.41, 5.74) is 1.60. The Morgan fingerprint density at radius 1 is 1.03 bits per heavy atom. The van der Waals surface area contributed by atoms with Gasteiger partial charge >= 0.3 is 0 Å². The van der Waals surface area contributed by atoms with Gasteiger partial charge in [0, 0.05) is 55.3 Å². The number of furan rings is 1. The number of amides is 2. The standard InChI is InChI=1S/C23H28N2O4/c26-21(15-18-16-29-20-4-2-1-3-19(18)20)24-10-7-23(8-13-28-14-9-23)25(12-11-24)22(27)17-5-6-17/h1-4,16-17H,5-15H2. The van der Waals surface area contributed by atoms with Gasteiger partial charge in [0.25, 0.3) is 0 Å². The molecule has 3 aliphatic rings. The third-order valence-electron chi connectivity index (χ3n) is 6.88. The number of para-hydroxylation sites is 1. The maximum absolute atomic E-state index is 13.1. The summed E-state index contributed by atoms with van der Waals surface area (Å²) < 4.78 is 11.2. The van der Waals surface area contributed by atoms with Crippen LogP contribution in [0.4, 0.5) is 0 Å². The molecule has 6 nitrogen and oxygen atoms in total. The summed E-state index contributed by atoms with van der Waals surface area (Å²) in [5.74, 6) is 0.607. The molecule has 3 heterocycles. The van der Waals surface area contributed by atoms with Crippen molar-refractivity contribution in [3.63, 3.8) is 0 Å². The highest BCUT2D eigenvalue weighted by molar-refractivity contribution is 5.88. The average molecular weight is 396 g/mol. The van der Waals surface area contributed by atoms with E-state index in [0.717, 1.165) is 48.6 Å². The maximum Gasteiger partial charge on any atom is 0.227 e. The lowest BCUT2D eigenvalue weighted by atomic mass is 9.84. The highest BCUT2D eigenvalue weighted by Gasteiger charge is 2.46. The number of rotatable bonds is 3. The quantitative estimate of drug-likeness (QED) is 0.800. The maximum atomic E-state index is 13.1. The zero-order valence-corrected chi connectivity index (χ0v) is 16.8. The van der Waals surface area contributed by atoms with Crippen molar-refractivity contribution in [1.29, 1.82) is 0 Å². The van der Waals surface area contributed by atoms with E-state index in [1.807, 2.05) is 29.2 Å². The largest absolute Gasteiger partial charge is 0.464 e. The third kappa shape index (κ3) is 3.54. The molecule has 29 heavy (non-hydrogen) atoms. The number of fused-ring (bicyclic) bond motifs is 1. The van der Waals surface area contributed by atoms with Gasteiger partial charge in [-0.3, -0.25) is 9.59 Å². The van der Waals surface area contributed by atoms with Gasteiger partial charge < -0.3 is 19.0 Å². The number of hydrogen-bond acceptors (Lipinski definition) is 4. The smallest absolute Gasteiger partial charge is 0.227 e. The van der Waals surface area contributed by atoms with Crippen molar-refractivity contribution in [3.8, 4) is 0 Å². The lowest BCUT2D eigenvalue weighted by molar-refractivity contribution is -0.143. The van der Waals surface area contributed by atoms with Gasteiger partial charge in [-0.05, 0) is 38.2 Å². The van der Waals surface area contributed by atoms with Gasteiger partial charge in [0.05, 0.1) is 12.7 Å². The molecular formula is C23H28N2O4. The Hall–Kier alpha value is -2.34. The molecule has 0 N–H and O–H groups in total. The molecule has 2 aliphatic heterocycles. The van der Waals surface area contributed by atoms with Crippen LogP contribution in [0.1, 0.15) is 37.7 Å². The molecule has 0 atom stereocenters. The Morgan fingerprint density at radius 2 is 1.83 bits per heavy atom. The van der Waals surface area contributed by atoms with Crippen LogP contribution >= 0.6 is 0 Å². The minimum Gasteiger partial charge on any atom is -0.464 e. The summed E-state index contributed by atoms with van der Waals surface area (Å²) in [6.45, 7) is 3.33. The summed E-state index contributed by atoms with van der Waals surface area (Å²) >= 11 is 0. The van der Waals surface area contributed by atoms with Crippen LogP contribution in [0.2, 0.25) is 0 Å². The van der Waals surface area contributed by atoms with Crippen LogP contribution in [-0.2, 0) is 20.7 Å². The molecule has 3 fully saturated rings. The van der Waals surface area contributed by atoms with E-state index in [9.17, 15) is 9.59 Å². The number of nitrogens with zero attached hydrogens (tertiary/aromatic N) is 2.